The van der Waals surface area contributed by atoms with Gasteiger partial charge in [-0.15, -0.1) is 0 Å². The van der Waals surface area contributed by atoms with E-state index in [0.717, 1.165) is 12.0 Å². The fraction of sp³-hybridized carbons (Fsp3) is 0.429. The van der Waals surface area contributed by atoms with Crippen molar-refractivity contribution in [1.82, 2.24) is 9.80 Å². The Morgan fingerprint density at radius 1 is 1.30 bits per heavy atom. The van der Waals surface area contributed by atoms with Gasteiger partial charge in [-0.05, 0) is 24.1 Å². The van der Waals surface area contributed by atoms with Gasteiger partial charge in [-0.1, -0.05) is 12.1 Å². The van der Waals surface area contributed by atoms with Gasteiger partial charge in [-0.2, -0.15) is 0 Å². The lowest BCUT2D eigenvalue weighted by Gasteiger charge is -2.41. The SMILES string of the molecule is O=C1OCCN1CC(=O)N1CCC1c1ccc(F)cc1. The lowest BCUT2D eigenvalue weighted by Crippen LogP contribution is -2.49. The van der Waals surface area contributed by atoms with Crippen molar-refractivity contribution in [3.8, 4) is 0 Å². The average molecular weight is 278 g/mol. The van der Waals surface area contributed by atoms with E-state index in [1.165, 1.54) is 17.0 Å². The summed E-state index contributed by atoms with van der Waals surface area (Å²) in [5.74, 6) is -0.379. The molecule has 0 spiro atoms. The van der Waals surface area contributed by atoms with Gasteiger partial charge in [0.15, 0.2) is 0 Å². The summed E-state index contributed by atoms with van der Waals surface area (Å²) in [7, 11) is 0. The van der Waals surface area contributed by atoms with E-state index in [4.69, 9.17) is 4.74 Å². The van der Waals surface area contributed by atoms with E-state index in [0.29, 0.717) is 19.7 Å². The highest BCUT2D eigenvalue weighted by atomic mass is 19.1. The number of likely N-dealkylation sites (tertiary alicyclic amines) is 1. The quantitative estimate of drug-likeness (QED) is 0.843. The topological polar surface area (TPSA) is 49.9 Å². The van der Waals surface area contributed by atoms with Crippen LogP contribution >= 0.6 is 0 Å². The van der Waals surface area contributed by atoms with Crippen LogP contribution in [-0.2, 0) is 9.53 Å². The van der Waals surface area contributed by atoms with Crippen LogP contribution in [0.1, 0.15) is 18.0 Å². The van der Waals surface area contributed by atoms with E-state index >= 15 is 0 Å². The Labute approximate surface area is 115 Å². The number of ether oxygens (including phenoxy) is 1. The second-order valence-corrected chi connectivity index (χ2v) is 4.98. The van der Waals surface area contributed by atoms with Crippen molar-refractivity contribution in [2.24, 2.45) is 0 Å². The lowest BCUT2D eigenvalue weighted by molar-refractivity contribution is -0.139. The van der Waals surface area contributed by atoms with Crippen molar-refractivity contribution >= 4 is 12.0 Å². The van der Waals surface area contributed by atoms with Crippen LogP contribution in [0.2, 0.25) is 0 Å². The first-order valence-corrected chi connectivity index (χ1v) is 6.62. The van der Waals surface area contributed by atoms with Gasteiger partial charge >= 0.3 is 6.09 Å². The number of rotatable bonds is 3. The van der Waals surface area contributed by atoms with Crippen molar-refractivity contribution in [3.63, 3.8) is 0 Å². The second kappa shape index (κ2) is 5.11. The molecule has 2 fully saturated rings. The van der Waals surface area contributed by atoms with E-state index in [2.05, 4.69) is 0 Å². The molecule has 3 rings (SSSR count). The van der Waals surface area contributed by atoms with Crippen LogP contribution in [0.25, 0.3) is 0 Å². The average Bonchev–Trinajstić information content (AvgIpc) is 2.76. The summed E-state index contributed by atoms with van der Waals surface area (Å²) in [4.78, 5) is 26.6. The van der Waals surface area contributed by atoms with E-state index in [1.54, 1.807) is 17.0 Å². The van der Waals surface area contributed by atoms with Crippen LogP contribution in [0.5, 0.6) is 0 Å². The number of nitrogens with zero attached hydrogens (tertiary/aromatic N) is 2. The number of cyclic esters (lactones) is 1. The van der Waals surface area contributed by atoms with Gasteiger partial charge in [-0.25, -0.2) is 9.18 Å². The second-order valence-electron chi connectivity index (χ2n) is 4.98. The molecule has 1 aromatic rings. The molecule has 2 aliphatic rings. The molecule has 2 heterocycles. The van der Waals surface area contributed by atoms with Gasteiger partial charge in [0.05, 0.1) is 12.6 Å². The standard InChI is InChI=1S/C14H15FN2O3/c15-11-3-1-10(2-4-11)12-5-6-17(12)13(18)9-16-7-8-20-14(16)19/h1-4,12H,5-9H2. The predicted octanol–water partition coefficient (Wildman–Crippen LogP) is 1.55. The van der Waals surface area contributed by atoms with Gasteiger partial charge in [-0.3, -0.25) is 9.69 Å². The molecule has 1 aromatic carbocycles. The number of hydrogen-bond donors (Lipinski definition) is 0. The molecular weight excluding hydrogens is 263 g/mol. The van der Waals surface area contributed by atoms with Crippen molar-refractivity contribution < 1.29 is 18.7 Å². The Morgan fingerprint density at radius 3 is 2.60 bits per heavy atom. The number of carbonyl (C=O) groups is 2. The molecule has 1 atom stereocenters. The van der Waals surface area contributed by atoms with Crippen LogP contribution < -0.4 is 0 Å². The first kappa shape index (κ1) is 12.9. The normalized spacial score (nSPS) is 21.6. The summed E-state index contributed by atoms with van der Waals surface area (Å²) in [6.07, 6.45) is 0.430. The highest BCUT2D eigenvalue weighted by molar-refractivity contribution is 5.83. The molecule has 20 heavy (non-hydrogen) atoms. The summed E-state index contributed by atoms with van der Waals surface area (Å²) in [5.41, 5.74) is 0.926. The number of halogens is 1. The summed E-state index contributed by atoms with van der Waals surface area (Å²) in [6.45, 7) is 1.52. The predicted molar refractivity (Wildman–Crippen MR) is 68.4 cm³/mol. The van der Waals surface area contributed by atoms with Gasteiger partial charge in [0.25, 0.3) is 0 Å². The monoisotopic (exact) mass is 278 g/mol. The third kappa shape index (κ3) is 2.33. The Kier molecular flexibility index (Phi) is 3.30. The Balaban J connectivity index is 1.64. The minimum atomic E-state index is -0.433. The van der Waals surface area contributed by atoms with Crippen LogP contribution in [0.3, 0.4) is 0 Å². The fourth-order valence-corrected chi connectivity index (χ4v) is 2.54. The third-order valence-corrected chi connectivity index (χ3v) is 3.77. The van der Waals surface area contributed by atoms with Crippen molar-refractivity contribution in [2.75, 3.05) is 26.2 Å². The molecule has 106 valence electrons. The van der Waals surface area contributed by atoms with Crippen LogP contribution in [0, 0.1) is 5.82 Å². The molecular formula is C14H15FN2O3. The Morgan fingerprint density at radius 2 is 2.05 bits per heavy atom. The maximum absolute atomic E-state index is 12.9. The van der Waals surface area contributed by atoms with Crippen LogP contribution in [0.15, 0.2) is 24.3 Å². The lowest BCUT2D eigenvalue weighted by atomic mass is 9.94. The molecule has 2 amide bonds. The molecule has 0 aromatic heterocycles. The van der Waals surface area contributed by atoms with Crippen LogP contribution in [0.4, 0.5) is 9.18 Å². The number of carbonyl (C=O) groups excluding carboxylic acids is 2. The molecule has 5 nitrogen and oxygen atoms in total. The molecule has 6 heteroatoms. The number of benzene rings is 1. The Bertz CT molecular complexity index is 532. The summed E-state index contributed by atoms with van der Waals surface area (Å²) in [5, 5.41) is 0. The van der Waals surface area contributed by atoms with Crippen molar-refractivity contribution in [2.45, 2.75) is 12.5 Å². The molecule has 0 aliphatic carbocycles. The van der Waals surface area contributed by atoms with Gasteiger partial charge in [0, 0.05) is 6.54 Å². The van der Waals surface area contributed by atoms with Crippen LogP contribution in [-0.4, -0.2) is 48.0 Å². The van der Waals surface area contributed by atoms with E-state index in [-0.39, 0.29) is 24.3 Å². The smallest absolute Gasteiger partial charge is 0.410 e. The zero-order chi connectivity index (χ0) is 14.1. The fourth-order valence-electron chi connectivity index (χ4n) is 2.54. The maximum Gasteiger partial charge on any atom is 0.410 e. The zero-order valence-electron chi connectivity index (χ0n) is 10.9. The first-order chi connectivity index (χ1) is 9.65. The zero-order valence-corrected chi connectivity index (χ0v) is 10.9. The van der Waals surface area contributed by atoms with Crippen molar-refractivity contribution in [1.29, 1.82) is 0 Å². The molecule has 2 aliphatic heterocycles. The largest absolute Gasteiger partial charge is 0.448 e. The molecule has 0 saturated carbocycles. The van der Waals surface area contributed by atoms with E-state index < -0.39 is 6.09 Å². The molecule has 0 bridgehead atoms. The van der Waals surface area contributed by atoms with Gasteiger partial charge in [0.2, 0.25) is 5.91 Å². The maximum atomic E-state index is 12.9. The van der Waals surface area contributed by atoms with E-state index in [9.17, 15) is 14.0 Å². The molecule has 2 saturated heterocycles. The molecule has 0 N–H and O–H groups in total. The number of amides is 2. The van der Waals surface area contributed by atoms with Gasteiger partial charge < -0.3 is 9.64 Å². The summed E-state index contributed by atoms with van der Waals surface area (Å²) >= 11 is 0. The van der Waals surface area contributed by atoms with Gasteiger partial charge in [0.1, 0.15) is 19.0 Å². The molecule has 0 radical (unpaired) electrons. The molecule has 1 unspecified atom stereocenters. The Hall–Kier alpha value is -2.11. The highest BCUT2D eigenvalue weighted by Gasteiger charge is 2.35. The third-order valence-electron chi connectivity index (χ3n) is 3.77. The first-order valence-electron chi connectivity index (χ1n) is 6.62. The van der Waals surface area contributed by atoms with Crippen molar-refractivity contribution in [3.05, 3.63) is 35.6 Å². The summed E-state index contributed by atoms with van der Waals surface area (Å²) < 4.78 is 17.7. The van der Waals surface area contributed by atoms with E-state index in [1.807, 2.05) is 0 Å². The summed E-state index contributed by atoms with van der Waals surface area (Å²) in [6, 6.07) is 6.18. The highest BCUT2D eigenvalue weighted by Crippen LogP contribution is 2.33. The minimum absolute atomic E-state index is 0.0123. The number of hydrogen-bond acceptors (Lipinski definition) is 3. The minimum Gasteiger partial charge on any atom is -0.448 e.